The molecule has 6 aromatic rings. The summed E-state index contributed by atoms with van der Waals surface area (Å²) in [6.45, 7) is 4.49. The Morgan fingerprint density at radius 1 is 0.698 bits per heavy atom. The fraction of sp³-hybridized carbons (Fsp3) is 0.0833. The normalized spacial score (nSPS) is 15.9. The van der Waals surface area contributed by atoms with E-state index in [-0.39, 0.29) is 16.1 Å². The first-order chi connectivity index (χ1) is 20.9. The van der Waals surface area contributed by atoms with E-state index in [1.165, 1.54) is 31.7 Å². The van der Waals surface area contributed by atoms with E-state index in [2.05, 4.69) is 66.9 Å². The zero-order valence-electron chi connectivity index (χ0n) is 23.4. The van der Waals surface area contributed by atoms with Crippen molar-refractivity contribution in [1.29, 1.82) is 0 Å². The standard InChI is InChI=1S/C36H25N3O2S2/c1-36(2)28-18-11-17-26-25-16-9-10-19-30(25)39(31(26)28)34-29(36)21-24(43-34)20-27-32(40)37(22-12-5-3-6-13-22)35(42)38(33(27)41)23-14-7-4-8-15-23/h3-21H,1-2H3. The van der Waals surface area contributed by atoms with Crippen LogP contribution in [0.2, 0.25) is 0 Å². The molecule has 0 spiro atoms. The number of benzene rings is 4. The molecule has 1 saturated heterocycles. The number of thiophene rings is 1. The number of anilines is 2. The van der Waals surface area contributed by atoms with Crippen LogP contribution in [-0.4, -0.2) is 21.5 Å². The minimum Gasteiger partial charge on any atom is -0.300 e. The maximum Gasteiger partial charge on any atom is 0.270 e. The van der Waals surface area contributed by atoms with Crippen molar-refractivity contribution in [2.24, 2.45) is 0 Å². The van der Waals surface area contributed by atoms with Crippen LogP contribution >= 0.6 is 23.6 Å². The number of rotatable bonds is 3. The smallest absolute Gasteiger partial charge is 0.270 e. The predicted molar refractivity (Wildman–Crippen MR) is 179 cm³/mol. The van der Waals surface area contributed by atoms with E-state index in [1.54, 1.807) is 17.4 Å². The molecule has 4 aromatic carbocycles. The molecule has 0 unspecified atom stereocenters. The molecule has 2 amide bonds. The van der Waals surface area contributed by atoms with Gasteiger partial charge in [0.25, 0.3) is 11.8 Å². The number of hydrogen-bond acceptors (Lipinski definition) is 4. The summed E-state index contributed by atoms with van der Waals surface area (Å²) in [4.78, 5) is 31.9. The van der Waals surface area contributed by atoms with Gasteiger partial charge in [-0.1, -0.05) is 86.6 Å². The van der Waals surface area contributed by atoms with Crippen molar-refractivity contribution in [1.82, 2.24) is 4.57 Å². The molecule has 0 atom stereocenters. The zero-order valence-corrected chi connectivity index (χ0v) is 25.1. The monoisotopic (exact) mass is 595 g/mol. The second kappa shape index (κ2) is 9.33. The van der Waals surface area contributed by atoms with E-state index in [0.717, 1.165) is 21.0 Å². The summed E-state index contributed by atoms with van der Waals surface area (Å²) in [6.07, 6.45) is 1.74. The highest BCUT2D eigenvalue weighted by atomic mass is 32.1. The molecule has 5 nitrogen and oxygen atoms in total. The molecule has 0 bridgehead atoms. The van der Waals surface area contributed by atoms with Gasteiger partial charge in [0.2, 0.25) is 0 Å². The van der Waals surface area contributed by atoms with Crippen molar-refractivity contribution in [2.75, 3.05) is 9.80 Å². The lowest BCUT2D eigenvalue weighted by Crippen LogP contribution is -2.56. The second-order valence-corrected chi connectivity index (χ2v) is 12.8. The van der Waals surface area contributed by atoms with Crippen LogP contribution in [0, 0.1) is 0 Å². The van der Waals surface area contributed by atoms with Gasteiger partial charge in [-0.05, 0) is 65.8 Å². The zero-order chi connectivity index (χ0) is 29.5. The van der Waals surface area contributed by atoms with E-state index < -0.39 is 11.8 Å². The molecule has 4 heterocycles. The third-order valence-electron chi connectivity index (χ3n) is 8.54. The van der Waals surface area contributed by atoms with Crippen LogP contribution in [0.4, 0.5) is 11.4 Å². The fourth-order valence-electron chi connectivity index (χ4n) is 6.45. The van der Waals surface area contributed by atoms with Gasteiger partial charge in [0.05, 0.1) is 22.4 Å². The summed E-state index contributed by atoms with van der Waals surface area (Å²) in [7, 11) is 0. The number of para-hydroxylation sites is 4. The number of nitrogens with zero attached hydrogens (tertiary/aromatic N) is 3. The molecule has 7 heteroatoms. The molecule has 2 aromatic heterocycles. The average molecular weight is 596 g/mol. The number of carbonyl (C=O) groups excluding carboxylic acids is 2. The minimum atomic E-state index is -0.434. The Bertz CT molecular complexity index is 2110. The number of amides is 2. The number of aromatic nitrogens is 1. The van der Waals surface area contributed by atoms with Crippen molar-refractivity contribution >= 4 is 79.7 Å². The lowest BCUT2D eigenvalue weighted by atomic mass is 9.76. The summed E-state index contributed by atoms with van der Waals surface area (Å²) < 4.78 is 2.35. The van der Waals surface area contributed by atoms with Gasteiger partial charge < -0.3 is 4.57 Å². The van der Waals surface area contributed by atoms with Crippen molar-refractivity contribution in [2.45, 2.75) is 19.3 Å². The van der Waals surface area contributed by atoms with Crippen LogP contribution in [0.1, 0.15) is 29.9 Å². The van der Waals surface area contributed by atoms with E-state index in [4.69, 9.17) is 12.2 Å². The third-order valence-corrected chi connectivity index (χ3v) is 9.97. The van der Waals surface area contributed by atoms with Crippen LogP contribution in [0.5, 0.6) is 0 Å². The van der Waals surface area contributed by atoms with Crippen molar-refractivity contribution in [3.05, 3.63) is 131 Å². The highest BCUT2D eigenvalue weighted by molar-refractivity contribution is 7.81. The molecule has 0 aliphatic carbocycles. The number of thiocarbonyl (C=S) groups is 1. The van der Waals surface area contributed by atoms with Gasteiger partial charge in [0.1, 0.15) is 10.6 Å². The molecule has 8 rings (SSSR count). The molecule has 2 aliphatic heterocycles. The van der Waals surface area contributed by atoms with Gasteiger partial charge >= 0.3 is 0 Å². The second-order valence-electron chi connectivity index (χ2n) is 11.3. The highest BCUT2D eigenvalue weighted by Gasteiger charge is 2.42. The van der Waals surface area contributed by atoms with Crippen LogP contribution < -0.4 is 9.80 Å². The van der Waals surface area contributed by atoms with Gasteiger partial charge in [-0.3, -0.25) is 19.4 Å². The van der Waals surface area contributed by atoms with E-state index in [1.807, 2.05) is 60.7 Å². The van der Waals surface area contributed by atoms with Crippen LogP contribution in [0.25, 0.3) is 32.9 Å². The van der Waals surface area contributed by atoms with Crippen molar-refractivity contribution in [3.63, 3.8) is 0 Å². The van der Waals surface area contributed by atoms with Crippen molar-refractivity contribution in [3.8, 4) is 5.00 Å². The molecule has 0 radical (unpaired) electrons. The maximum absolute atomic E-state index is 14.1. The Labute approximate surface area is 257 Å². The summed E-state index contributed by atoms with van der Waals surface area (Å²) in [6, 6.07) is 35.6. The molecular weight excluding hydrogens is 571 g/mol. The SMILES string of the molecule is CC1(C)c2cc(C=C3C(=O)N(c4ccccc4)C(=S)N(c4ccccc4)C3=O)sc2-n2c3ccccc3c3cccc1c32. The number of hydrogen-bond donors (Lipinski definition) is 0. The van der Waals surface area contributed by atoms with E-state index in [0.29, 0.717) is 11.4 Å². The molecule has 0 N–H and O–H groups in total. The summed E-state index contributed by atoms with van der Waals surface area (Å²) in [5, 5.41) is 3.67. The summed E-state index contributed by atoms with van der Waals surface area (Å²) in [5.41, 5.74) is 5.79. The first kappa shape index (κ1) is 25.8. The lowest BCUT2D eigenvalue weighted by molar-refractivity contribution is -0.120. The quantitative estimate of drug-likeness (QED) is 0.118. The fourth-order valence-corrected chi connectivity index (χ4v) is 8.10. The highest BCUT2D eigenvalue weighted by Crippen LogP contribution is 2.50. The molecular formula is C36H25N3O2S2. The van der Waals surface area contributed by atoms with Crippen LogP contribution in [-0.2, 0) is 15.0 Å². The number of carbonyl (C=O) groups is 2. The van der Waals surface area contributed by atoms with Gasteiger partial charge in [-0.15, -0.1) is 11.3 Å². The van der Waals surface area contributed by atoms with Crippen LogP contribution in [0.15, 0.2) is 115 Å². The number of fused-ring (bicyclic) bond motifs is 5. The minimum absolute atomic E-state index is 0.0673. The molecule has 0 saturated carbocycles. The van der Waals surface area contributed by atoms with Crippen LogP contribution in [0.3, 0.4) is 0 Å². The molecule has 1 fully saturated rings. The Balaban J connectivity index is 1.33. The van der Waals surface area contributed by atoms with Gasteiger partial charge in [0.15, 0.2) is 5.11 Å². The third kappa shape index (κ3) is 3.65. The maximum atomic E-state index is 14.1. The van der Waals surface area contributed by atoms with E-state index in [9.17, 15) is 9.59 Å². The topological polar surface area (TPSA) is 45.6 Å². The first-order valence-corrected chi connectivity index (χ1v) is 15.3. The molecule has 2 aliphatic rings. The van der Waals surface area contributed by atoms with Gasteiger partial charge in [-0.25, -0.2) is 0 Å². The Hall–Kier alpha value is -4.85. The van der Waals surface area contributed by atoms with Gasteiger partial charge in [-0.2, -0.15) is 0 Å². The molecule has 208 valence electrons. The predicted octanol–water partition coefficient (Wildman–Crippen LogP) is 8.23. The Kier molecular flexibility index (Phi) is 5.60. The lowest BCUT2D eigenvalue weighted by Gasteiger charge is -2.36. The Morgan fingerprint density at radius 3 is 1.93 bits per heavy atom. The summed E-state index contributed by atoms with van der Waals surface area (Å²) in [5.74, 6) is -0.868. The first-order valence-electron chi connectivity index (χ1n) is 14.1. The van der Waals surface area contributed by atoms with Gasteiger partial charge in [0, 0.05) is 21.1 Å². The van der Waals surface area contributed by atoms with Crippen molar-refractivity contribution < 1.29 is 9.59 Å². The summed E-state index contributed by atoms with van der Waals surface area (Å²) >= 11 is 7.38. The average Bonchev–Trinajstić information content (AvgIpc) is 3.60. The molecule has 43 heavy (non-hydrogen) atoms. The largest absolute Gasteiger partial charge is 0.300 e. The Morgan fingerprint density at radius 2 is 1.28 bits per heavy atom. The van der Waals surface area contributed by atoms with E-state index >= 15 is 0 Å².